The quantitative estimate of drug-likeness (QED) is 0.369. The van der Waals surface area contributed by atoms with Crippen LogP contribution in [0.4, 0.5) is 11.4 Å². The molecular formula is C18H18N6O3S. The lowest BCUT2D eigenvalue weighted by Gasteiger charge is -2.10. The molecule has 1 aromatic heterocycles. The van der Waals surface area contributed by atoms with Gasteiger partial charge in [-0.2, -0.15) is 4.68 Å². The number of nitrogens with zero attached hydrogens (tertiary/aromatic N) is 5. The predicted octanol–water partition coefficient (Wildman–Crippen LogP) is 3.31. The molecule has 28 heavy (non-hydrogen) atoms. The van der Waals surface area contributed by atoms with E-state index in [1.54, 1.807) is 16.8 Å². The highest BCUT2D eigenvalue weighted by Crippen LogP contribution is 2.25. The summed E-state index contributed by atoms with van der Waals surface area (Å²) < 4.78 is 1.66. The van der Waals surface area contributed by atoms with E-state index < -0.39 is 4.92 Å². The molecule has 0 unspecified atom stereocenters. The van der Waals surface area contributed by atoms with Crippen molar-refractivity contribution in [3.8, 4) is 5.69 Å². The van der Waals surface area contributed by atoms with Crippen LogP contribution in [-0.2, 0) is 4.79 Å². The van der Waals surface area contributed by atoms with Crippen LogP contribution in [0.5, 0.6) is 0 Å². The van der Waals surface area contributed by atoms with E-state index in [9.17, 15) is 14.9 Å². The van der Waals surface area contributed by atoms with Crippen molar-refractivity contribution in [2.45, 2.75) is 25.4 Å². The van der Waals surface area contributed by atoms with E-state index >= 15 is 0 Å². The summed E-state index contributed by atoms with van der Waals surface area (Å²) in [5.74, 6) is 0.116. The van der Waals surface area contributed by atoms with Gasteiger partial charge in [-0.05, 0) is 41.5 Å². The van der Waals surface area contributed by atoms with Gasteiger partial charge in [-0.25, -0.2) is 0 Å². The number of anilines is 1. The summed E-state index contributed by atoms with van der Waals surface area (Å²) in [5.41, 5.74) is 3.05. The van der Waals surface area contributed by atoms with Crippen LogP contribution < -0.4 is 5.32 Å². The first-order valence-corrected chi connectivity index (χ1v) is 9.47. The lowest BCUT2D eigenvalue weighted by molar-refractivity contribution is -0.383. The number of carbonyl (C=O) groups is 1. The van der Waals surface area contributed by atoms with Gasteiger partial charge in [0.25, 0.3) is 5.69 Å². The Morgan fingerprint density at radius 3 is 2.61 bits per heavy atom. The fourth-order valence-electron chi connectivity index (χ4n) is 2.74. The minimum Gasteiger partial charge on any atom is -0.320 e. The molecule has 0 aliphatic rings. The highest BCUT2D eigenvalue weighted by Gasteiger charge is 2.16. The van der Waals surface area contributed by atoms with Gasteiger partial charge in [-0.15, -0.1) is 5.10 Å². The Bertz CT molecular complexity index is 1000. The number of carbonyl (C=O) groups excluding carboxylic acids is 1. The number of rotatable bonds is 7. The van der Waals surface area contributed by atoms with Gasteiger partial charge >= 0.3 is 0 Å². The maximum absolute atomic E-state index is 12.2. The van der Waals surface area contributed by atoms with Crippen molar-refractivity contribution in [1.82, 2.24) is 20.2 Å². The molecule has 0 saturated carbocycles. The second-order valence-electron chi connectivity index (χ2n) is 6.03. The van der Waals surface area contributed by atoms with Crippen LogP contribution in [-0.4, -0.2) is 36.8 Å². The molecule has 0 fully saturated rings. The fraction of sp³-hybridized carbons (Fsp3) is 0.222. The summed E-state index contributed by atoms with van der Waals surface area (Å²) in [6, 6.07) is 12.0. The van der Waals surface area contributed by atoms with Gasteiger partial charge in [0.1, 0.15) is 5.69 Å². The van der Waals surface area contributed by atoms with Gasteiger partial charge in [0.05, 0.1) is 10.6 Å². The molecule has 9 nitrogen and oxygen atoms in total. The first-order chi connectivity index (χ1) is 13.5. The highest BCUT2D eigenvalue weighted by atomic mass is 32.2. The van der Waals surface area contributed by atoms with Crippen LogP contribution in [0.1, 0.15) is 17.5 Å². The number of aryl methyl sites for hydroxylation is 2. The standard InChI is InChI=1S/C18H18N6O3S/c1-12-6-5-7-13(2)17(12)23-18(20-21-22-23)28-11-10-16(25)19-14-8-3-4-9-15(14)24(26)27/h3-9H,10-11H2,1-2H3,(H,19,25). The number of tetrazole rings is 1. The number of hydrogen-bond acceptors (Lipinski definition) is 7. The van der Waals surface area contributed by atoms with Crippen molar-refractivity contribution in [3.63, 3.8) is 0 Å². The Kier molecular flexibility index (Phi) is 5.99. The second kappa shape index (κ2) is 8.61. The lowest BCUT2D eigenvalue weighted by Crippen LogP contribution is -2.13. The Morgan fingerprint density at radius 1 is 1.18 bits per heavy atom. The molecule has 1 amide bonds. The number of thioether (sulfide) groups is 1. The second-order valence-corrected chi connectivity index (χ2v) is 7.10. The molecular weight excluding hydrogens is 380 g/mol. The van der Waals surface area contributed by atoms with Crippen molar-refractivity contribution in [1.29, 1.82) is 0 Å². The van der Waals surface area contributed by atoms with Crippen molar-refractivity contribution in [3.05, 3.63) is 63.7 Å². The minimum atomic E-state index is -0.525. The number of nitro benzene ring substituents is 1. The smallest absolute Gasteiger partial charge is 0.292 e. The van der Waals surface area contributed by atoms with Gasteiger partial charge in [0.2, 0.25) is 11.1 Å². The molecule has 0 spiro atoms. The summed E-state index contributed by atoms with van der Waals surface area (Å²) >= 11 is 1.35. The highest BCUT2D eigenvalue weighted by molar-refractivity contribution is 7.99. The normalized spacial score (nSPS) is 10.6. The predicted molar refractivity (Wildman–Crippen MR) is 106 cm³/mol. The Labute approximate surface area is 165 Å². The first-order valence-electron chi connectivity index (χ1n) is 8.48. The topological polar surface area (TPSA) is 116 Å². The zero-order chi connectivity index (χ0) is 20.1. The molecule has 3 rings (SSSR count). The van der Waals surface area contributed by atoms with Crippen molar-refractivity contribution in [2.24, 2.45) is 0 Å². The average molecular weight is 398 g/mol. The van der Waals surface area contributed by atoms with E-state index in [1.807, 2.05) is 32.0 Å². The number of aromatic nitrogens is 4. The van der Waals surface area contributed by atoms with Gasteiger partial charge in [0, 0.05) is 18.2 Å². The van der Waals surface area contributed by atoms with Crippen molar-refractivity contribution in [2.75, 3.05) is 11.1 Å². The monoisotopic (exact) mass is 398 g/mol. The summed E-state index contributed by atoms with van der Waals surface area (Å²) in [6.07, 6.45) is 0.163. The maximum Gasteiger partial charge on any atom is 0.292 e. The van der Waals surface area contributed by atoms with Crippen LogP contribution in [0.3, 0.4) is 0 Å². The third-order valence-corrected chi connectivity index (χ3v) is 4.95. The minimum absolute atomic E-state index is 0.137. The molecule has 0 atom stereocenters. The van der Waals surface area contributed by atoms with Crippen molar-refractivity contribution < 1.29 is 9.72 Å². The number of hydrogen-bond donors (Lipinski definition) is 1. The van der Waals surface area contributed by atoms with Gasteiger partial charge in [-0.1, -0.05) is 42.1 Å². The third-order valence-electron chi connectivity index (χ3n) is 4.03. The molecule has 2 aromatic carbocycles. The number of nitro groups is 1. The zero-order valence-corrected chi connectivity index (χ0v) is 16.1. The van der Waals surface area contributed by atoms with E-state index in [0.29, 0.717) is 10.9 Å². The molecule has 1 heterocycles. The molecule has 0 saturated heterocycles. The van der Waals surface area contributed by atoms with Crippen LogP contribution in [0.15, 0.2) is 47.6 Å². The SMILES string of the molecule is Cc1cccc(C)c1-n1nnnc1SCCC(=O)Nc1ccccc1[N+](=O)[O-]. The largest absolute Gasteiger partial charge is 0.320 e. The molecule has 3 aromatic rings. The molecule has 0 aliphatic carbocycles. The summed E-state index contributed by atoms with van der Waals surface area (Å²) in [6.45, 7) is 3.97. The first kappa shape index (κ1) is 19.5. The number of amides is 1. The average Bonchev–Trinajstić information content (AvgIpc) is 3.10. The number of benzene rings is 2. The van der Waals surface area contributed by atoms with E-state index in [2.05, 4.69) is 20.8 Å². The Morgan fingerprint density at radius 2 is 1.89 bits per heavy atom. The molecule has 0 aliphatic heterocycles. The van der Waals surface area contributed by atoms with Gasteiger partial charge in [-0.3, -0.25) is 14.9 Å². The fourth-order valence-corrected chi connectivity index (χ4v) is 3.55. The molecule has 0 bridgehead atoms. The summed E-state index contributed by atoms with van der Waals surface area (Å²) in [7, 11) is 0. The van der Waals surface area contributed by atoms with E-state index in [-0.39, 0.29) is 23.7 Å². The Balaban J connectivity index is 1.63. The van der Waals surface area contributed by atoms with E-state index in [1.165, 1.54) is 23.9 Å². The summed E-state index contributed by atoms with van der Waals surface area (Å²) in [4.78, 5) is 22.7. The van der Waals surface area contributed by atoms with Crippen molar-refractivity contribution >= 4 is 29.0 Å². The van der Waals surface area contributed by atoms with Crippen LogP contribution in [0, 0.1) is 24.0 Å². The molecule has 0 radical (unpaired) electrons. The maximum atomic E-state index is 12.2. The number of nitrogens with one attached hydrogen (secondary N) is 1. The lowest BCUT2D eigenvalue weighted by atomic mass is 10.1. The third kappa shape index (κ3) is 4.34. The Hall–Kier alpha value is -3.27. The number of para-hydroxylation sites is 3. The molecule has 144 valence electrons. The molecule has 10 heteroatoms. The van der Waals surface area contributed by atoms with Crippen LogP contribution in [0.2, 0.25) is 0 Å². The molecule has 1 N–H and O–H groups in total. The van der Waals surface area contributed by atoms with E-state index in [0.717, 1.165) is 16.8 Å². The van der Waals surface area contributed by atoms with E-state index in [4.69, 9.17) is 0 Å². The van der Waals surface area contributed by atoms with Gasteiger partial charge < -0.3 is 5.32 Å². The van der Waals surface area contributed by atoms with Gasteiger partial charge in [0.15, 0.2) is 0 Å². The zero-order valence-electron chi connectivity index (χ0n) is 15.3. The van der Waals surface area contributed by atoms with Crippen LogP contribution >= 0.6 is 11.8 Å². The summed E-state index contributed by atoms with van der Waals surface area (Å²) in [5, 5.41) is 26.0. The van der Waals surface area contributed by atoms with Crippen LogP contribution in [0.25, 0.3) is 5.69 Å².